The van der Waals surface area contributed by atoms with Gasteiger partial charge in [-0.15, -0.1) is 21.5 Å². The maximum absolute atomic E-state index is 12.5. The lowest BCUT2D eigenvalue weighted by molar-refractivity contribution is 0.102. The van der Waals surface area contributed by atoms with Gasteiger partial charge in [-0.3, -0.25) is 9.20 Å². The molecule has 4 aromatic rings. The molecule has 1 aromatic carbocycles. The fourth-order valence-corrected chi connectivity index (χ4v) is 6.19. The monoisotopic (exact) mass is 408 g/mol. The first-order chi connectivity index (χ1) is 13.6. The van der Waals surface area contributed by atoms with Gasteiger partial charge in [-0.1, -0.05) is 49.0 Å². The fraction of sp³-hybridized carbons (Fsp3) is 0.333. The van der Waals surface area contributed by atoms with Gasteiger partial charge in [0, 0.05) is 10.4 Å². The Morgan fingerprint density at radius 1 is 1.29 bits per heavy atom. The number of benzene rings is 1. The van der Waals surface area contributed by atoms with Gasteiger partial charge in [0.05, 0.1) is 11.1 Å². The molecule has 1 aliphatic carbocycles. The molecule has 0 unspecified atom stereocenters. The van der Waals surface area contributed by atoms with Crippen molar-refractivity contribution < 1.29 is 4.79 Å². The number of aromatic nitrogens is 4. The molecule has 1 aliphatic rings. The lowest BCUT2D eigenvalue weighted by Crippen LogP contribution is -2.09. The summed E-state index contributed by atoms with van der Waals surface area (Å²) < 4.78 is 2.01. The normalized spacial score (nSPS) is 16.6. The van der Waals surface area contributed by atoms with Gasteiger partial charge in [0.25, 0.3) is 0 Å². The Hall–Kier alpha value is -2.25. The van der Waals surface area contributed by atoms with E-state index in [0.29, 0.717) is 5.75 Å². The van der Waals surface area contributed by atoms with Crippen LogP contribution in [0.15, 0.2) is 35.5 Å². The SMILES string of the molecule is Cc1nc2sc3c(c2c2nnc(SCC(=O)c4ccccc4)n12)CC[C@H](C)C3. The van der Waals surface area contributed by atoms with E-state index in [1.54, 1.807) is 11.3 Å². The number of hydrogen-bond donors (Lipinski definition) is 0. The van der Waals surface area contributed by atoms with Crippen molar-refractivity contribution in [1.82, 2.24) is 19.6 Å². The predicted molar refractivity (Wildman–Crippen MR) is 114 cm³/mol. The Morgan fingerprint density at radius 3 is 2.93 bits per heavy atom. The Bertz CT molecular complexity index is 1200. The summed E-state index contributed by atoms with van der Waals surface area (Å²) in [6.07, 6.45) is 3.42. The Labute approximate surface area is 171 Å². The van der Waals surface area contributed by atoms with E-state index in [-0.39, 0.29) is 5.78 Å². The Kier molecular flexibility index (Phi) is 4.44. The zero-order chi connectivity index (χ0) is 19.3. The molecule has 0 spiro atoms. The summed E-state index contributed by atoms with van der Waals surface area (Å²) in [7, 11) is 0. The molecular formula is C21H20N4OS2. The number of carbonyl (C=O) groups excluding carboxylic acids is 1. The number of Topliss-reactive ketones (excluding diaryl/α,β-unsaturated/α-hetero) is 1. The summed E-state index contributed by atoms with van der Waals surface area (Å²) in [5.74, 6) is 2.03. The molecule has 28 heavy (non-hydrogen) atoms. The summed E-state index contributed by atoms with van der Waals surface area (Å²) in [5, 5.41) is 10.8. The van der Waals surface area contributed by atoms with Gasteiger partial charge in [-0.2, -0.15) is 0 Å². The van der Waals surface area contributed by atoms with Gasteiger partial charge in [0.15, 0.2) is 16.6 Å². The van der Waals surface area contributed by atoms with E-state index >= 15 is 0 Å². The number of nitrogens with zero attached hydrogens (tertiary/aromatic N) is 4. The van der Waals surface area contributed by atoms with Crippen LogP contribution in [0.3, 0.4) is 0 Å². The highest BCUT2D eigenvalue weighted by molar-refractivity contribution is 7.99. The molecule has 0 saturated carbocycles. The molecule has 7 heteroatoms. The molecule has 0 fully saturated rings. The summed E-state index contributed by atoms with van der Waals surface area (Å²) in [6, 6.07) is 9.38. The molecule has 142 valence electrons. The van der Waals surface area contributed by atoms with Crippen molar-refractivity contribution in [2.75, 3.05) is 5.75 Å². The highest BCUT2D eigenvalue weighted by Gasteiger charge is 2.25. The second kappa shape index (κ2) is 6.97. The lowest BCUT2D eigenvalue weighted by atomic mass is 9.89. The molecule has 0 amide bonds. The van der Waals surface area contributed by atoms with E-state index in [2.05, 4.69) is 17.1 Å². The first-order valence-corrected chi connectivity index (χ1v) is 11.3. The third-order valence-corrected chi connectivity index (χ3v) is 7.44. The molecule has 5 nitrogen and oxygen atoms in total. The molecule has 0 N–H and O–H groups in total. The number of rotatable bonds is 4. The average Bonchev–Trinajstić information content (AvgIpc) is 3.27. The smallest absolute Gasteiger partial charge is 0.197 e. The van der Waals surface area contributed by atoms with E-state index < -0.39 is 0 Å². The molecule has 0 saturated heterocycles. The number of thiophene rings is 1. The topological polar surface area (TPSA) is 60.2 Å². The molecule has 3 aromatic heterocycles. The molecule has 5 rings (SSSR count). The van der Waals surface area contributed by atoms with Crippen LogP contribution >= 0.6 is 23.1 Å². The minimum atomic E-state index is 0.0935. The molecule has 1 atom stereocenters. The highest BCUT2D eigenvalue weighted by Crippen LogP contribution is 2.39. The van der Waals surface area contributed by atoms with Crippen LogP contribution in [0.5, 0.6) is 0 Å². The van der Waals surface area contributed by atoms with Crippen LogP contribution in [0.25, 0.3) is 15.9 Å². The van der Waals surface area contributed by atoms with Gasteiger partial charge >= 0.3 is 0 Å². The lowest BCUT2D eigenvalue weighted by Gasteiger charge is -2.17. The molecule has 0 bridgehead atoms. The second-order valence-electron chi connectivity index (χ2n) is 7.41. The number of carbonyl (C=O) groups is 1. The van der Waals surface area contributed by atoms with Crippen molar-refractivity contribution in [3.8, 4) is 0 Å². The van der Waals surface area contributed by atoms with Crippen molar-refractivity contribution in [2.24, 2.45) is 5.92 Å². The van der Waals surface area contributed by atoms with Gasteiger partial charge in [-0.25, -0.2) is 4.98 Å². The van der Waals surface area contributed by atoms with Gasteiger partial charge in [-0.05, 0) is 37.7 Å². The second-order valence-corrected chi connectivity index (χ2v) is 9.44. The van der Waals surface area contributed by atoms with E-state index in [0.717, 1.165) is 51.2 Å². The van der Waals surface area contributed by atoms with Crippen molar-refractivity contribution >= 4 is 44.7 Å². The van der Waals surface area contributed by atoms with Crippen LogP contribution in [0.4, 0.5) is 0 Å². The van der Waals surface area contributed by atoms with Crippen molar-refractivity contribution in [3.63, 3.8) is 0 Å². The summed E-state index contributed by atoms with van der Waals surface area (Å²) in [6.45, 7) is 4.30. The average molecular weight is 409 g/mol. The first kappa shape index (κ1) is 17.8. The summed E-state index contributed by atoms with van der Waals surface area (Å²) >= 11 is 3.23. The quantitative estimate of drug-likeness (QED) is 0.360. The maximum Gasteiger partial charge on any atom is 0.197 e. The van der Waals surface area contributed by atoms with Crippen LogP contribution in [0, 0.1) is 12.8 Å². The van der Waals surface area contributed by atoms with Crippen LogP contribution in [-0.4, -0.2) is 31.1 Å². The zero-order valence-corrected chi connectivity index (χ0v) is 17.4. The molecule has 3 heterocycles. The molecule has 0 aliphatic heterocycles. The van der Waals surface area contributed by atoms with Crippen molar-refractivity contribution in [2.45, 2.75) is 38.3 Å². The molecule has 0 radical (unpaired) electrons. The van der Waals surface area contributed by atoms with Crippen LogP contribution in [0.1, 0.15) is 40.0 Å². The minimum absolute atomic E-state index is 0.0935. The van der Waals surface area contributed by atoms with Gasteiger partial charge in [0.1, 0.15) is 10.7 Å². The third-order valence-electron chi connectivity index (χ3n) is 5.37. The van der Waals surface area contributed by atoms with Crippen LogP contribution in [-0.2, 0) is 12.8 Å². The third kappa shape index (κ3) is 2.93. The number of fused-ring (bicyclic) bond motifs is 5. The fourth-order valence-electron chi connectivity index (χ4n) is 3.90. The number of thioether (sulfide) groups is 1. The number of hydrogen-bond acceptors (Lipinski definition) is 6. The van der Waals surface area contributed by atoms with Crippen LogP contribution in [0.2, 0.25) is 0 Å². The van der Waals surface area contributed by atoms with Crippen LogP contribution < -0.4 is 0 Å². The van der Waals surface area contributed by atoms with E-state index in [1.807, 2.05) is 41.7 Å². The van der Waals surface area contributed by atoms with E-state index in [4.69, 9.17) is 4.98 Å². The highest BCUT2D eigenvalue weighted by atomic mass is 32.2. The number of ketones is 1. The van der Waals surface area contributed by atoms with Crippen molar-refractivity contribution in [1.29, 1.82) is 0 Å². The largest absolute Gasteiger partial charge is 0.293 e. The van der Waals surface area contributed by atoms with Gasteiger partial charge < -0.3 is 0 Å². The van der Waals surface area contributed by atoms with Gasteiger partial charge in [0.2, 0.25) is 0 Å². The zero-order valence-electron chi connectivity index (χ0n) is 15.8. The minimum Gasteiger partial charge on any atom is -0.293 e. The first-order valence-electron chi connectivity index (χ1n) is 9.49. The van der Waals surface area contributed by atoms with E-state index in [1.165, 1.54) is 28.6 Å². The standard InChI is InChI=1S/C21H20N4OS2/c1-12-8-9-15-17(10-12)28-20-18(15)19-23-24-21(25(19)13(2)22-20)27-11-16(26)14-6-4-3-5-7-14/h3-7,12H,8-11H2,1-2H3/t12-/m0/s1. The summed E-state index contributed by atoms with van der Waals surface area (Å²) in [4.78, 5) is 19.8. The van der Waals surface area contributed by atoms with Crippen molar-refractivity contribution in [3.05, 3.63) is 52.2 Å². The Balaban J connectivity index is 1.53. The Morgan fingerprint density at radius 2 is 2.11 bits per heavy atom. The maximum atomic E-state index is 12.5. The number of aryl methyl sites for hydroxylation is 2. The molecular weight excluding hydrogens is 388 g/mol. The predicted octanol–water partition coefficient (Wildman–Crippen LogP) is 4.75. The van der Waals surface area contributed by atoms with E-state index in [9.17, 15) is 4.79 Å². The summed E-state index contributed by atoms with van der Waals surface area (Å²) in [5.41, 5.74) is 3.01.